The van der Waals surface area contributed by atoms with Crippen molar-refractivity contribution in [3.05, 3.63) is 10.4 Å². The number of nitrogens with zero attached hydrogens (tertiary/aromatic N) is 3. The first-order valence-electron chi connectivity index (χ1n) is 5.72. The first-order valence-corrected chi connectivity index (χ1v) is 5.72. The Balaban J connectivity index is 2.18. The summed E-state index contributed by atoms with van der Waals surface area (Å²) in [5.41, 5.74) is 8.57. The molecule has 0 amide bonds. The zero-order valence-electron chi connectivity index (χ0n) is 10.1. The molecule has 2 aliphatic rings. The first kappa shape index (κ1) is 12.6. The number of hydrogen-bond donors (Lipinski definition) is 1. The first-order chi connectivity index (χ1) is 7.98. The van der Waals surface area contributed by atoms with E-state index in [0.717, 1.165) is 0 Å². The molecule has 0 saturated carbocycles. The number of aliphatic hydroxyl groups is 1. The maximum Gasteiger partial charge on any atom is 0.188 e. The van der Waals surface area contributed by atoms with Crippen molar-refractivity contribution < 1.29 is 19.3 Å². The largest absolute Gasteiger partial charge is 0.390 e. The monoisotopic (exact) mass is 243 g/mol. The van der Waals surface area contributed by atoms with Gasteiger partial charge in [-0.15, -0.1) is 0 Å². The molecule has 17 heavy (non-hydrogen) atoms. The van der Waals surface area contributed by atoms with E-state index in [4.69, 9.17) is 19.7 Å². The molecule has 2 fully saturated rings. The molecule has 7 heteroatoms. The number of ether oxygens (including phenoxy) is 3. The Bertz CT molecular complexity index is 342. The van der Waals surface area contributed by atoms with Crippen LogP contribution in [-0.2, 0) is 14.2 Å². The Hall–Kier alpha value is -0.850. The molecule has 2 heterocycles. The summed E-state index contributed by atoms with van der Waals surface area (Å²) < 4.78 is 16.8. The predicted molar refractivity (Wildman–Crippen MR) is 57.9 cm³/mol. The van der Waals surface area contributed by atoms with Gasteiger partial charge in [-0.2, -0.15) is 0 Å². The molecule has 7 nitrogen and oxygen atoms in total. The molecule has 0 aromatic rings. The van der Waals surface area contributed by atoms with Gasteiger partial charge in [-0.25, -0.2) is 0 Å². The molecule has 1 N–H and O–H groups in total. The molecule has 2 rings (SSSR count). The van der Waals surface area contributed by atoms with Gasteiger partial charge in [-0.1, -0.05) is 12.0 Å². The summed E-state index contributed by atoms with van der Waals surface area (Å²) in [5, 5.41) is 13.5. The Labute approximate surface area is 99.3 Å². The Morgan fingerprint density at radius 3 is 2.76 bits per heavy atom. The van der Waals surface area contributed by atoms with Crippen LogP contribution >= 0.6 is 0 Å². The molecule has 96 valence electrons. The highest BCUT2D eigenvalue weighted by Gasteiger charge is 2.55. The third-order valence-corrected chi connectivity index (χ3v) is 3.04. The topological polar surface area (TPSA) is 96.7 Å². The van der Waals surface area contributed by atoms with Gasteiger partial charge >= 0.3 is 0 Å². The minimum Gasteiger partial charge on any atom is -0.390 e. The highest BCUT2D eigenvalue weighted by atomic mass is 16.8. The molecule has 2 saturated heterocycles. The second kappa shape index (κ2) is 4.44. The van der Waals surface area contributed by atoms with Crippen LogP contribution in [0.4, 0.5) is 0 Å². The summed E-state index contributed by atoms with van der Waals surface area (Å²) in [6.07, 6.45) is -1.77. The van der Waals surface area contributed by atoms with E-state index >= 15 is 0 Å². The van der Waals surface area contributed by atoms with Crippen molar-refractivity contribution in [1.29, 1.82) is 0 Å². The number of azide groups is 1. The average Bonchev–Trinajstić information content (AvgIpc) is 2.72. The molecule has 0 radical (unpaired) electrons. The standard InChI is InChI=1S/C10H17N3O4/c1-4-5(14)7-6(12-13-11)8-9(15-7)17-10(2,3)16-8/h5-9,14H,4H2,1-3H3/t5-,6-,7+,8+,9+/m1/s1. The van der Waals surface area contributed by atoms with Gasteiger partial charge in [0.1, 0.15) is 6.10 Å². The molecule has 2 aliphatic heterocycles. The molecule has 0 unspecified atom stereocenters. The van der Waals surface area contributed by atoms with Crippen molar-refractivity contribution in [2.75, 3.05) is 0 Å². The van der Waals surface area contributed by atoms with E-state index in [-0.39, 0.29) is 0 Å². The van der Waals surface area contributed by atoms with Crippen LogP contribution in [0.5, 0.6) is 0 Å². The fourth-order valence-corrected chi connectivity index (χ4v) is 2.26. The predicted octanol–water partition coefficient (Wildman–Crippen LogP) is 1.31. The van der Waals surface area contributed by atoms with E-state index in [1.165, 1.54) is 0 Å². The third-order valence-electron chi connectivity index (χ3n) is 3.04. The van der Waals surface area contributed by atoms with Gasteiger partial charge < -0.3 is 19.3 Å². The lowest BCUT2D eigenvalue weighted by Gasteiger charge is -2.25. The van der Waals surface area contributed by atoms with Crippen molar-refractivity contribution in [2.45, 2.75) is 63.6 Å². The summed E-state index contributed by atoms with van der Waals surface area (Å²) in [5.74, 6) is -0.749. The van der Waals surface area contributed by atoms with Crippen LogP contribution in [0.1, 0.15) is 27.2 Å². The third kappa shape index (κ3) is 2.25. The molecule has 0 aliphatic carbocycles. The molecule has 0 bridgehead atoms. The summed E-state index contributed by atoms with van der Waals surface area (Å²) in [6, 6.07) is -0.554. The minimum absolute atomic E-state index is 0.452. The Kier molecular flexibility index (Phi) is 3.29. The van der Waals surface area contributed by atoms with Gasteiger partial charge in [0.2, 0.25) is 0 Å². The number of fused-ring (bicyclic) bond motifs is 1. The van der Waals surface area contributed by atoms with Gasteiger partial charge in [-0.3, -0.25) is 0 Å². The van der Waals surface area contributed by atoms with Gasteiger partial charge in [-0.05, 0) is 25.8 Å². The zero-order valence-corrected chi connectivity index (χ0v) is 10.1. The highest BCUT2D eigenvalue weighted by molar-refractivity contribution is 5.00. The van der Waals surface area contributed by atoms with E-state index in [0.29, 0.717) is 6.42 Å². The maximum atomic E-state index is 9.82. The SMILES string of the molecule is CC[C@@H](O)[C@@H]1O[C@H]2OC(C)(C)O[C@H]2[C@@H]1N=[N+]=[N-]. The Morgan fingerprint density at radius 2 is 2.18 bits per heavy atom. The van der Waals surface area contributed by atoms with Crippen molar-refractivity contribution in [2.24, 2.45) is 5.11 Å². The fourth-order valence-electron chi connectivity index (χ4n) is 2.26. The van der Waals surface area contributed by atoms with Crippen LogP contribution in [-0.4, -0.2) is 41.5 Å². The van der Waals surface area contributed by atoms with Crippen molar-refractivity contribution in [1.82, 2.24) is 0 Å². The quantitative estimate of drug-likeness (QED) is 0.459. The lowest BCUT2D eigenvalue weighted by Crippen LogP contribution is -2.39. The van der Waals surface area contributed by atoms with Gasteiger partial charge in [0.05, 0.1) is 18.2 Å². The van der Waals surface area contributed by atoms with Crippen molar-refractivity contribution in [3.63, 3.8) is 0 Å². The molecule has 0 aromatic heterocycles. The second-order valence-electron chi connectivity index (χ2n) is 4.74. The number of hydrogen-bond acceptors (Lipinski definition) is 5. The molecule has 0 spiro atoms. The van der Waals surface area contributed by atoms with Crippen LogP contribution in [0.15, 0.2) is 5.11 Å². The van der Waals surface area contributed by atoms with Crippen LogP contribution in [0.2, 0.25) is 0 Å². The average molecular weight is 243 g/mol. The normalized spacial score (nSPS) is 40.7. The van der Waals surface area contributed by atoms with Crippen molar-refractivity contribution in [3.8, 4) is 0 Å². The van der Waals surface area contributed by atoms with Crippen LogP contribution < -0.4 is 0 Å². The molecule has 0 aromatic carbocycles. The fraction of sp³-hybridized carbons (Fsp3) is 1.00. The van der Waals surface area contributed by atoms with Crippen LogP contribution in [0, 0.1) is 0 Å². The summed E-state index contributed by atoms with van der Waals surface area (Å²) in [6.45, 7) is 5.38. The zero-order chi connectivity index (χ0) is 12.6. The van der Waals surface area contributed by atoms with E-state index in [1.54, 1.807) is 13.8 Å². The Morgan fingerprint density at radius 1 is 1.47 bits per heavy atom. The lowest BCUT2D eigenvalue weighted by molar-refractivity contribution is -0.215. The highest BCUT2D eigenvalue weighted by Crippen LogP contribution is 2.39. The van der Waals surface area contributed by atoms with Gasteiger partial charge in [0.15, 0.2) is 12.1 Å². The number of aliphatic hydroxyl groups excluding tert-OH is 1. The molecule has 5 atom stereocenters. The molecular formula is C10H17N3O4. The van der Waals surface area contributed by atoms with Gasteiger partial charge in [0.25, 0.3) is 0 Å². The summed E-state index contributed by atoms with van der Waals surface area (Å²) >= 11 is 0. The second-order valence-corrected chi connectivity index (χ2v) is 4.74. The van der Waals surface area contributed by atoms with E-state index < -0.39 is 36.4 Å². The van der Waals surface area contributed by atoms with E-state index in [1.807, 2.05) is 6.92 Å². The van der Waals surface area contributed by atoms with Crippen LogP contribution in [0.3, 0.4) is 0 Å². The molecular weight excluding hydrogens is 226 g/mol. The van der Waals surface area contributed by atoms with Crippen molar-refractivity contribution >= 4 is 0 Å². The summed E-state index contributed by atoms with van der Waals surface area (Å²) in [7, 11) is 0. The summed E-state index contributed by atoms with van der Waals surface area (Å²) in [4.78, 5) is 2.79. The maximum absolute atomic E-state index is 9.82. The van der Waals surface area contributed by atoms with E-state index in [2.05, 4.69) is 10.0 Å². The van der Waals surface area contributed by atoms with E-state index in [9.17, 15) is 5.11 Å². The number of rotatable bonds is 3. The lowest BCUT2D eigenvalue weighted by atomic mass is 10.0. The minimum atomic E-state index is -0.749. The van der Waals surface area contributed by atoms with Crippen LogP contribution in [0.25, 0.3) is 10.4 Å². The smallest absolute Gasteiger partial charge is 0.188 e. The van der Waals surface area contributed by atoms with Gasteiger partial charge in [0, 0.05) is 4.91 Å².